The molecule has 1 amide bonds. The third-order valence-corrected chi connectivity index (χ3v) is 3.09. The van der Waals surface area contributed by atoms with E-state index in [1.165, 1.54) is 4.90 Å². The summed E-state index contributed by atoms with van der Waals surface area (Å²) in [6.07, 6.45) is 0. The van der Waals surface area contributed by atoms with Crippen LogP contribution in [0.25, 0.3) is 0 Å². The van der Waals surface area contributed by atoms with Crippen molar-refractivity contribution in [3.8, 4) is 0 Å². The van der Waals surface area contributed by atoms with Crippen molar-refractivity contribution in [3.05, 3.63) is 29.9 Å². The zero-order chi connectivity index (χ0) is 13.5. The Morgan fingerprint density at radius 2 is 2.11 bits per heavy atom. The second-order valence-electron chi connectivity index (χ2n) is 5.63. The Balaban J connectivity index is 2.22. The van der Waals surface area contributed by atoms with Crippen LogP contribution in [0.4, 0.5) is 4.39 Å². The number of halogens is 1. The molecule has 0 N–H and O–H groups in total. The maximum absolute atomic E-state index is 12.8. The molecule has 0 spiro atoms. The number of hydrogen-bond acceptors (Lipinski definition) is 2. The van der Waals surface area contributed by atoms with Crippen molar-refractivity contribution in [2.75, 3.05) is 6.54 Å². The van der Waals surface area contributed by atoms with Gasteiger partial charge in [-0.1, -0.05) is 27.4 Å². The molecule has 0 aromatic carbocycles. The van der Waals surface area contributed by atoms with Crippen molar-refractivity contribution >= 4 is 5.91 Å². The number of amides is 1. The standard InChI is InChI=1S/C13H18FN3O/c1-9(14)12(18)16-5-6-17-10(8-16)7-11(15-17)13(2,3)4/h7H,1,5-6,8H2,2-4H3. The fraction of sp³-hybridized carbons (Fsp3) is 0.538. The highest BCUT2D eigenvalue weighted by atomic mass is 19.1. The molecular formula is C13H18FN3O. The summed E-state index contributed by atoms with van der Waals surface area (Å²) in [4.78, 5) is 13.0. The van der Waals surface area contributed by atoms with Crippen LogP contribution in [0, 0.1) is 0 Å². The number of carbonyl (C=O) groups is 1. The minimum atomic E-state index is -0.904. The Bertz CT molecular complexity index is 499. The van der Waals surface area contributed by atoms with Gasteiger partial charge in [0.25, 0.3) is 5.91 Å². The second-order valence-corrected chi connectivity index (χ2v) is 5.63. The summed E-state index contributed by atoms with van der Waals surface area (Å²) >= 11 is 0. The van der Waals surface area contributed by atoms with Gasteiger partial charge in [-0.25, -0.2) is 4.39 Å². The molecule has 0 unspecified atom stereocenters. The number of fused-ring (bicyclic) bond motifs is 1. The van der Waals surface area contributed by atoms with Gasteiger partial charge in [0.05, 0.1) is 24.5 Å². The van der Waals surface area contributed by atoms with E-state index in [9.17, 15) is 9.18 Å². The third-order valence-electron chi connectivity index (χ3n) is 3.09. The lowest BCUT2D eigenvalue weighted by atomic mass is 9.92. The van der Waals surface area contributed by atoms with Crippen LogP contribution in [0.15, 0.2) is 18.5 Å². The molecule has 0 bridgehead atoms. The SMILES string of the molecule is C=C(F)C(=O)N1CCn2nc(C(C)(C)C)cc2C1. The Kier molecular flexibility index (Phi) is 3.00. The van der Waals surface area contributed by atoms with Crippen molar-refractivity contribution in [1.29, 1.82) is 0 Å². The van der Waals surface area contributed by atoms with E-state index in [4.69, 9.17) is 0 Å². The van der Waals surface area contributed by atoms with Crippen LogP contribution in [0.1, 0.15) is 32.2 Å². The first kappa shape index (κ1) is 12.8. The largest absolute Gasteiger partial charge is 0.329 e. The molecule has 1 aliphatic rings. The number of carbonyl (C=O) groups excluding carboxylic acids is 1. The number of hydrogen-bond donors (Lipinski definition) is 0. The van der Waals surface area contributed by atoms with Gasteiger partial charge in [0, 0.05) is 12.0 Å². The molecule has 5 heteroatoms. The third kappa shape index (κ3) is 2.30. The van der Waals surface area contributed by atoms with E-state index in [0.29, 0.717) is 19.6 Å². The van der Waals surface area contributed by atoms with Gasteiger partial charge in [0.1, 0.15) is 0 Å². The number of rotatable bonds is 1. The van der Waals surface area contributed by atoms with Crippen LogP contribution < -0.4 is 0 Å². The summed E-state index contributed by atoms with van der Waals surface area (Å²) in [5, 5.41) is 4.52. The van der Waals surface area contributed by atoms with Crippen molar-refractivity contribution < 1.29 is 9.18 Å². The average Bonchev–Trinajstić information content (AvgIpc) is 2.69. The predicted molar refractivity (Wildman–Crippen MR) is 66.6 cm³/mol. The first-order valence-corrected chi connectivity index (χ1v) is 6.00. The van der Waals surface area contributed by atoms with Crippen LogP contribution in [0.3, 0.4) is 0 Å². The molecule has 2 rings (SSSR count). The summed E-state index contributed by atoms with van der Waals surface area (Å²) in [5.41, 5.74) is 1.91. The topological polar surface area (TPSA) is 38.1 Å². The highest BCUT2D eigenvalue weighted by Gasteiger charge is 2.26. The Morgan fingerprint density at radius 3 is 2.67 bits per heavy atom. The van der Waals surface area contributed by atoms with E-state index in [0.717, 1.165) is 11.4 Å². The van der Waals surface area contributed by atoms with E-state index >= 15 is 0 Å². The Hall–Kier alpha value is -1.65. The van der Waals surface area contributed by atoms with Crippen LogP contribution in [0.5, 0.6) is 0 Å². The van der Waals surface area contributed by atoms with E-state index in [1.54, 1.807) is 0 Å². The van der Waals surface area contributed by atoms with Crippen molar-refractivity contribution in [1.82, 2.24) is 14.7 Å². The van der Waals surface area contributed by atoms with Gasteiger partial charge >= 0.3 is 0 Å². The molecule has 2 heterocycles. The molecule has 1 aliphatic heterocycles. The lowest BCUT2D eigenvalue weighted by Crippen LogP contribution is -2.38. The summed E-state index contributed by atoms with van der Waals surface area (Å²) in [6, 6.07) is 1.99. The van der Waals surface area contributed by atoms with Crippen LogP contribution >= 0.6 is 0 Å². The summed E-state index contributed by atoms with van der Waals surface area (Å²) < 4.78 is 14.7. The minimum Gasteiger partial charge on any atom is -0.329 e. The monoisotopic (exact) mass is 251 g/mol. The van der Waals surface area contributed by atoms with E-state index in [1.807, 2.05) is 10.7 Å². The quantitative estimate of drug-likeness (QED) is 0.716. The molecule has 0 saturated heterocycles. The molecule has 98 valence electrons. The second kappa shape index (κ2) is 4.23. The Labute approximate surface area is 106 Å². The molecule has 0 atom stereocenters. The predicted octanol–water partition coefficient (Wildman–Crippen LogP) is 2.01. The lowest BCUT2D eigenvalue weighted by Gasteiger charge is -2.26. The Morgan fingerprint density at radius 1 is 1.44 bits per heavy atom. The lowest BCUT2D eigenvalue weighted by molar-refractivity contribution is -0.130. The zero-order valence-electron chi connectivity index (χ0n) is 11.0. The first-order valence-electron chi connectivity index (χ1n) is 6.00. The maximum Gasteiger partial charge on any atom is 0.282 e. The van der Waals surface area contributed by atoms with Gasteiger partial charge in [-0.05, 0) is 6.07 Å². The van der Waals surface area contributed by atoms with Gasteiger partial charge in [0.15, 0.2) is 5.83 Å². The average molecular weight is 251 g/mol. The molecule has 4 nitrogen and oxygen atoms in total. The van der Waals surface area contributed by atoms with Crippen molar-refractivity contribution in [3.63, 3.8) is 0 Å². The van der Waals surface area contributed by atoms with Crippen molar-refractivity contribution in [2.45, 2.75) is 39.3 Å². The van der Waals surface area contributed by atoms with Gasteiger partial charge in [-0.2, -0.15) is 5.10 Å². The summed E-state index contributed by atoms with van der Waals surface area (Å²) in [6.45, 7) is 10.8. The smallest absolute Gasteiger partial charge is 0.282 e. The molecule has 0 fully saturated rings. The normalized spacial score (nSPS) is 15.4. The molecule has 0 radical (unpaired) electrons. The van der Waals surface area contributed by atoms with E-state index in [2.05, 4.69) is 32.4 Å². The number of nitrogens with zero attached hydrogens (tertiary/aromatic N) is 3. The number of aromatic nitrogens is 2. The molecular weight excluding hydrogens is 233 g/mol. The fourth-order valence-corrected chi connectivity index (χ4v) is 1.98. The molecule has 1 aromatic rings. The van der Waals surface area contributed by atoms with E-state index < -0.39 is 11.7 Å². The van der Waals surface area contributed by atoms with Crippen LogP contribution in [-0.4, -0.2) is 27.1 Å². The highest BCUT2D eigenvalue weighted by Crippen LogP contribution is 2.24. The van der Waals surface area contributed by atoms with Crippen LogP contribution in [-0.2, 0) is 23.3 Å². The zero-order valence-corrected chi connectivity index (χ0v) is 11.0. The molecule has 0 saturated carbocycles. The van der Waals surface area contributed by atoms with Gasteiger partial charge in [0.2, 0.25) is 0 Å². The molecule has 18 heavy (non-hydrogen) atoms. The van der Waals surface area contributed by atoms with Gasteiger partial charge < -0.3 is 4.90 Å². The highest BCUT2D eigenvalue weighted by molar-refractivity contribution is 5.90. The van der Waals surface area contributed by atoms with Gasteiger partial charge in [-0.3, -0.25) is 9.48 Å². The fourth-order valence-electron chi connectivity index (χ4n) is 1.98. The molecule has 0 aliphatic carbocycles. The minimum absolute atomic E-state index is 0.0249. The summed E-state index contributed by atoms with van der Waals surface area (Å²) in [7, 11) is 0. The molecule has 1 aromatic heterocycles. The van der Waals surface area contributed by atoms with Crippen molar-refractivity contribution in [2.24, 2.45) is 0 Å². The van der Waals surface area contributed by atoms with Gasteiger partial charge in [-0.15, -0.1) is 0 Å². The maximum atomic E-state index is 12.8. The summed E-state index contributed by atoms with van der Waals surface area (Å²) in [5.74, 6) is -1.53. The van der Waals surface area contributed by atoms with E-state index in [-0.39, 0.29) is 5.41 Å². The van der Waals surface area contributed by atoms with Crippen LogP contribution in [0.2, 0.25) is 0 Å². The first-order chi connectivity index (χ1) is 8.29.